The second-order valence-electron chi connectivity index (χ2n) is 7.61. The molecular weight excluding hydrogens is 517 g/mol. The molecule has 0 bridgehead atoms. The van der Waals surface area contributed by atoms with E-state index in [-0.39, 0.29) is 17.1 Å². The number of guanidine groups is 1. The van der Waals surface area contributed by atoms with Crippen LogP contribution in [-0.4, -0.2) is 21.6 Å². The Labute approximate surface area is 216 Å². The molecule has 0 saturated carbocycles. The number of hydrogen-bond donors (Lipinski definition) is 0. The number of rotatable bonds is 4. The molecule has 0 saturated heterocycles. The lowest BCUT2D eigenvalue weighted by atomic mass is 9.90. The Kier molecular flexibility index (Phi) is 5.61. The summed E-state index contributed by atoms with van der Waals surface area (Å²) in [6, 6.07) is 11.0. The number of fused-ring (bicyclic) bond motifs is 3. The zero-order valence-electron chi connectivity index (χ0n) is 18.0. The molecule has 0 aliphatic heterocycles. The normalized spacial score (nSPS) is 12.4. The zero-order valence-corrected chi connectivity index (χ0v) is 21.3. The number of thiophene rings is 2. The second-order valence-corrected chi connectivity index (χ2v) is 11.7. The monoisotopic (exact) mass is 526 g/mol. The van der Waals surface area contributed by atoms with Crippen LogP contribution >= 0.6 is 45.3 Å². The molecule has 0 aromatic carbocycles. The highest BCUT2D eigenvalue weighted by atomic mass is 32.1. The van der Waals surface area contributed by atoms with E-state index in [1.807, 2.05) is 12.1 Å². The fourth-order valence-corrected chi connectivity index (χ4v) is 7.93. The minimum absolute atomic E-state index is 0.176. The molecule has 166 valence electrons. The summed E-state index contributed by atoms with van der Waals surface area (Å²) >= 11 is 5.99. The first-order valence-electron chi connectivity index (χ1n) is 9.83. The third-order valence-electron chi connectivity index (χ3n) is 5.09. The van der Waals surface area contributed by atoms with E-state index in [4.69, 9.17) is 33.6 Å². The highest BCUT2D eigenvalue weighted by Crippen LogP contribution is 2.56. The van der Waals surface area contributed by atoms with Gasteiger partial charge in [0.2, 0.25) is 5.71 Å². The SMILES string of the molecule is [C-]#[N+]C(=Nc1ccc(-c2nc3c(s2)-c2sc(-c4ccc(N=C(C#N)C#N)s4)nc2C3(C)C)s1)[N+]#[C-]. The molecule has 35 heavy (non-hydrogen) atoms. The highest BCUT2D eigenvalue weighted by Gasteiger charge is 2.43. The van der Waals surface area contributed by atoms with E-state index in [1.54, 1.807) is 46.9 Å². The van der Waals surface area contributed by atoms with Gasteiger partial charge in [-0.3, -0.25) is 0 Å². The molecule has 0 radical (unpaired) electrons. The maximum atomic E-state index is 8.95. The summed E-state index contributed by atoms with van der Waals surface area (Å²) < 4.78 is 0. The van der Waals surface area contributed by atoms with Crippen molar-refractivity contribution in [3.63, 3.8) is 0 Å². The highest BCUT2D eigenvalue weighted by molar-refractivity contribution is 7.29. The lowest BCUT2D eigenvalue weighted by Crippen LogP contribution is -2.16. The van der Waals surface area contributed by atoms with Crippen molar-refractivity contribution in [3.8, 4) is 41.7 Å². The Morgan fingerprint density at radius 2 is 1.31 bits per heavy atom. The molecule has 0 unspecified atom stereocenters. The van der Waals surface area contributed by atoms with Gasteiger partial charge in [-0.15, -0.1) is 34.0 Å². The van der Waals surface area contributed by atoms with Crippen LogP contribution in [0.3, 0.4) is 0 Å². The summed E-state index contributed by atoms with van der Waals surface area (Å²) in [6.45, 7) is 18.2. The van der Waals surface area contributed by atoms with Gasteiger partial charge in [-0.1, -0.05) is 11.3 Å². The van der Waals surface area contributed by atoms with Crippen LogP contribution < -0.4 is 0 Å². The molecule has 4 aromatic rings. The Bertz CT molecular complexity index is 1570. The predicted octanol–water partition coefficient (Wildman–Crippen LogP) is 7.31. The number of nitriles is 2. The first kappa shape index (κ1) is 22.7. The Hall–Kier alpha value is -4.04. The van der Waals surface area contributed by atoms with Gasteiger partial charge in [-0.05, 0) is 45.2 Å². The summed E-state index contributed by atoms with van der Waals surface area (Å²) in [5.74, 6) is -0.207. The molecule has 8 nitrogen and oxygen atoms in total. The fourth-order valence-electron chi connectivity index (χ4n) is 3.48. The Morgan fingerprint density at radius 3 is 1.77 bits per heavy atom. The van der Waals surface area contributed by atoms with Crippen LogP contribution in [0.25, 0.3) is 39.2 Å². The Balaban J connectivity index is 1.51. The van der Waals surface area contributed by atoms with E-state index in [2.05, 4.69) is 33.5 Å². The van der Waals surface area contributed by atoms with Crippen molar-refractivity contribution in [2.45, 2.75) is 19.3 Å². The molecule has 0 N–H and O–H groups in total. The number of nitrogens with zero attached hydrogens (tertiary/aromatic N) is 8. The van der Waals surface area contributed by atoms with Crippen molar-refractivity contribution in [1.82, 2.24) is 9.97 Å². The second kappa shape index (κ2) is 8.63. The minimum Gasteiger partial charge on any atom is -0.239 e. The molecule has 0 spiro atoms. The molecule has 1 aliphatic carbocycles. The summed E-state index contributed by atoms with van der Waals surface area (Å²) in [6.07, 6.45) is 0. The van der Waals surface area contributed by atoms with E-state index in [0.717, 1.165) is 40.9 Å². The summed E-state index contributed by atoms with van der Waals surface area (Å²) in [4.78, 5) is 28.3. The number of hydrogen-bond acceptors (Lipinski definition) is 10. The van der Waals surface area contributed by atoms with E-state index >= 15 is 0 Å². The van der Waals surface area contributed by atoms with Crippen LogP contribution in [0.15, 0.2) is 34.3 Å². The number of aromatic nitrogens is 2. The van der Waals surface area contributed by atoms with Crippen LogP contribution in [0.2, 0.25) is 0 Å². The van der Waals surface area contributed by atoms with Gasteiger partial charge in [-0.2, -0.15) is 10.5 Å². The van der Waals surface area contributed by atoms with Crippen LogP contribution in [0, 0.1) is 35.8 Å². The summed E-state index contributed by atoms with van der Waals surface area (Å²) in [5.41, 5.74) is 1.44. The molecule has 0 atom stereocenters. The van der Waals surface area contributed by atoms with Crippen molar-refractivity contribution in [3.05, 3.63) is 58.5 Å². The van der Waals surface area contributed by atoms with Gasteiger partial charge in [0, 0.05) is 11.1 Å². The molecule has 4 aromatic heterocycles. The van der Waals surface area contributed by atoms with Crippen LogP contribution in [0.1, 0.15) is 25.2 Å². The molecule has 0 amide bonds. The van der Waals surface area contributed by atoms with Crippen LogP contribution in [-0.2, 0) is 5.41 Å². The maximum Gasteiger partial charge on any atom is 0.635 e. The van der Waals surface area contributed by atoms with Crippen LogP contribution in [0.5, 0.6) is 0 Å². The first-order chi connectivity index (χ1) is 16.9. The average molecular weight is 527 g/mol. The minimum atomic E-state index is -0.360. The molecule has 1 aliphatic rings. The molecule has 5 rings (SSSR count). The van der Waals surface area contributed by atoms with Crippen LogP contribution in [0.4, 0.5) is 10.0 Å². The van der Waals surface area contributed by atoms with Crippen molar-refractivity contribution in [1.29, 1.82) is 10.5 Å². The molecule has 0 fully saturated rings. The average Bonchev–Trinajstić information content (AvgIpc) is 3.66. The summed E-state index contributed by atoms with van der Waals surface area (Å²) in [7, 11) is 0. The lowest BCUT2D eigenvalue weighted by Gasteiger charge is -2.16. The van der Waals surface area contributed by atoms with E-state index < -0.39 is 0 Å². The van der Waals surface area contributed by atoms with E-state index in [9.17, 15) is 0 Å². The van der Waals surface area contributed by atoms with Crippen molar-refractivity contribution < 1.29 is 0 Å². The van der Waals surface area contributed by atoms with Gasteiger partial charge in [0.15, 0.2) is 0 Å². The Morgan fingerprint density at radius 1 is 0.829 bits per heavy atom. The quantitative estimate of drug-likeness (QED) is 0.158. The standard InChI is InChI=1S/C23H10N8S4/c1-23(2)18-16(34-20(30-18)12-5-7-14(32-12)28-11(9-24)10-25)17-19(23)31-21(35-17)13-6-8-15(33-13)29-22(26-3)27-4/h5-8H,1-2H3. The van der Waals surface area contributed by atoms with Crippen molar-refractivity contribution in [2.24, 2.45) is 9.98 Å². The van der Waals surface area contributed by atoms with Gasteiger partial charge in [0.05, 0.1) is 36.3 Å². The third kappa shape index (κ3) is 3.85. The zero-order chi connectivity index (χ0) is 24.7. The lowest BCUT2D eigenvalue weighted by molar-refractivity contribution is 0.622. The number of aliphatic imine (C=N–C) groups is 2. The van der Waals surface area contributed by atoms with Gasteiger partial charge in [-0.25, -0.2) is 24.7 Å². The summed E-state index contributed by atoms with van der Waals surface area (Å²) in [5, 5.41) is 20.8. The van der Waals surface area contributed by atoms with Crippen molar-refractivity contribution >= 4 is 67.0 Å². The topological polar surface area (TPSA) is 107 Å². The van der Waals surface area contributed by atoms with Gasteiger partial charge < -0.3 is 0 Å². The van der Waals surface area contributed by atoms with E-state index in [0.29, 0.717) is 10.0 Å². The molecular formula is C23H10N8S4. The van der Waals surface area contributed by atoms with Gasteiger partial charge in [0.1, 0.15) is 27.2 Å². The van der Waals surface area contributed by atoms with Crippen molar-refractivity contribution in [2.75, 3.05) is 0 Å². The third-order valence-corrected chi connectivity index (χ3v) is 9.67. The molecule has 4 heterocycles. The number of thiazole rings is 2. The predicted molar refractivity (Wildman–Crippen MR) is 141 cm³/mol. The fraction of sp³-hybridized carbons (Fsp3) is 0.130. The van der Waals surface area contributed by atoms with Gasteiger partial charge >= 0.3 is 5.96 Å². The van der Waals surface area contributed by atoms with E-state index in [1.165, 1.54) is 22.7 Å². The first-order valence-corrected chi connectivity index (χ1v) is 13.1. The largest absolute Gasteiger partial charge is 0.635 e. The van der Waals surface area contributed by atoms with Gasteiger partial charge in [0.25, 0.3) is 5.00 Å². The maximum absolute atomic E-state index is 8.95. The smallest absolute Gasteiger partial charge is 0.239 e. The molecule has 12 heteroatoms.